The van der Waals surface area contributed by atoms with Gasteiger partial charge in [-0.15, -0.1) is 0 Å². The van der Waals surface area contributed by atoms with Crippen LogP contribution >= 0.6 is 11.3 Å². The summed E-state index contributed by atoms with van der Waals surface area (Å²) >= 11 is 0.971. The van der Waals surface area contributed by atoms with Crippen LogP contribution in [0.15, 0.2) is 11.4 Å². The van der Waals surface area contributed by atoms with Crippen molar-refractivity contribution in [1.29, 1.82) is 5.26 Å². The fraction of sp³-hybridized carbons (Fsp3) is 0.167. The molecule has 0 unspecified atom stereocenters. The van der Waals surface area contributed by atoms with Crippen molar-refractivity contribution in [2.75, 3.05) is 0 Å². The van der Waals surface area contributed by atoms with Crippen LogP contribution in [-0.2, 0) is 0 Å². The highest BCUT2D eigenvalue weighted by atomic mass is 32.1. The van der Waals surface area contributed by atoms with Crippen LogP contribution in [-0.4, -0.2) is 4.92 Å². The third kappa shape index (κ3) is 1.58. The molecular weight excluding hydrogens is 178 g/mol. The molecule has 0 aromatic carbocycles. The van der Waals surface area contributed by atoms with E-state index in [-0.39, 0.29) is 5.00 Å². The van der Waals surface area contributed by atoms with Gasteiger partial charge in [0.25, 0.3) is 0 Å². The molecule has 2 N–H and O–H groups in total. The van der Waals surface area contributed by atoms with E-state index < -0.39 is 11.0 Å². The molecule has 0 fully saturated rings. The van der Waals surface area contributed by atoms with Crippen LogP contribution in [0.25, 0.3) is 0 Å². The summed E-state index contributed by atoms with van der Waals surface area (Å²) in [5.41, 5.74) is 5.83. The predicted octanol–water partition coefficient (Wildman–Crippen LogP) is 1.18. The number of nitro groups is 1. The summed E-state index contributed by atoms with van der Waals surface area (Å²) in [7, 11) is 0. The molecule has 6 heteroatoms. The second kappa shape index (κ2) is 3.30. The van der Waals surface area contributed by atoms with Crippen molar-refractivity contribution in [3.8, 4) is 6.07 Å². The number of hydrogen-bond acceptors (Lipinski definition) is 5. The first-order valence-corrected chi connectivity index (χ1v) is 3.91. The van der Waals surface area contributed by atoms with Crippen LogP contribution in [0.5, 0.6) is 0 Å². The van der Waals surface area contributed by atoms with Crippen LogP contribution in [0.2, 0.25) is 0 Å². The first-order chi connectivity index (χ1) is 5.65. The van der Waals surface area contributed by atoms with Gasteiger partial charge in [0.2, 0.25) is 0 Å². The van der Waals surface area contributed by atoms with Crippen LogP contribution in [0, 0.1) is 21.4 Å². The SMILES string of the molecule is N#C[C@@H](N)c1csc([N+](=O)[O-])c1. The first-order valence-electron chi connectivity index (χ1n) is 3.03. The Labute approximate surface area is 72.2 Å². The molecular formula is C6H5N3O2S. The van der Waals surface area contributed by atoms with Gasteiger partial charge in [0.05, 0.1) is 11.0 Å². The minimum atomic E-state index is -0.769. The molecule has 1 heterocycles. The van der Waals surface area contributed by atoms with E-state index in [9.17, 15) is 10.1 Å². The third-order valence-corrected chi connectivity index (χ3v) is 2.18. The molecule has 5 nitrogen and oxygen atoms in total. The fourth-order valence-corrected chi connectivity index (χ4v) is 1.43. The zero-order valence-corrected chi connectivity index (χ0v) is 6.75. The van der Waals surface area contributed by atoms with E-state index >= 15 is 0 Å². The molecule has 0 radical (unpaired) electrons. The molecule has 0 aliphatic heterocycles. The van der Waals surface area contributed by atoms with Crippen molar-refractivity contribution in [2.24, 2.45) is 5.73 Å². The molecule has 0 saturated carbocycles. The number of nitrogens with zero attached hydrogens (tertiary/aromatic N) is 2. The molecule has 0 aliphatic carbocycles. The van der Waals surface area contributed by atoms with Crippen molar-refractivity contribution in [1.82, 2.24) is 0 Å². The van der Waals surface area contributed by atoms with E-state index in [1.54, 1.807) is 6.07 Å². The Hall–Kier alpha value is -1.45. The molecule has 1 atom stereocenters. The van der Waals surface area contributed by atoms with Crippen molar-refractivity contribution in [3.63, 3.8) is 0 Å². The van der Waals surface area contributed by atoms with Crippen LogP contribution in [0.1, 0.15) is 11.6 Å². The largest absolute Gasteiger partial charge is 0.324 e. The summed E-state index contributed by atoms with van der Waals surface area (Å²) in [5, 5.41) is 20.1. The maximum atomic E-state index is 10.2. The number of nitriles is 1. The van der Waals surface area contributed by atoms with E-state index in [4.69, 9.17) is 11.0 Å². The van der Waals surface area contributed by atoms with Gasteiger partial charge in [0.1, 0.15) is 6.04 Å². The summed E-state index contributed by atoms with van der Waals surface area (Å²) in [6, 6.07) is 2.34. The quantitative estimate of drug-likeness (QED) is 0.550. The van der Waals surface area contributed by atoms with Crippen LogP contribution < -0.4 is 5.73 Å². The van der Waals surface area contributed by atoms with Gasteiger partial charge in [-0.3, -0.25) is 10.1 Å². The van der Waals surface area contributed by atoms with E-state index in [0.29, 0.717) is 5.56 Å². The Kier molecular flexibility index (Phi) is 2.38. The second-order valence-electron chi connectivity index (χ2n) is 2.08. The highest BCUT2D eigenvalue weighted by Crippen LogP contribution is 2.25. The van der Waals surface area contributed by atoms with Gasteiger partial charge in [-0.2, -0.15) is 5.26 Å². The van der Waals surface area contributed by atoms with Crippen molar-refractivity contribution >= 4 is 16.3 Å². The Bertz CT molecular complexity index is 341. The summed E-state index contributed by atoms with van der Waals surface area (Å²) < 4.78 is 0. The molecule has 1 aromatic heterocycles. The van der Waals surface area contributed by atoms with Gasteiger partial charge in [-0.05, 0) is 0 Å². The molecule has 0 spiro atoms. The molecule has 1 aromatic rings. The smallest absolute Gasteiger partial charge is 0.312 e. The van der Waals surface area contributed by atoms with Crippen molar-refractivity contribution in [3.05, 3.63) is 27.1 Å². The zero-order chi connectivity index (χ0) is 9.14. The zero-order valence-electron chi connectivity index (χ0n) is 5.93. The minimum Gasteiger partial charge on any atom is -0.312 e. The average molecular weight is 183 g/mol. The molecule has 0 amide bonds. The number of nitrogens with two attached hydrogens (primary N) is 1. The molecule has 0 saturated heterocycles. The minimum absolute atomic E-state index is 0.00991. The Balaban J connectivity index is 2.93. The monoisotopic (exact) mass is 183 g/mol. The number of rotatable bonds is 2. The van der Waals surface area contributed by atoms with Gasteiger partial charge in [-0.1, -0.05) is 11.3 Å². The summed E-state index contributed by atoms with van der Waals surface area (Å²) in [5.74, 6) is 0. The van der Waals surface area contributed by atoms with Crippen molar-refractivity contribution in [2.45, 2.75) is 6.04 Å². The van der Waals surface area contributed by atoms with Crippen LogP contribution in [0.3, 0.4) is 0 Å². The highest BCUT2D eigenvalue weighted by Gasteiger charge is 2.13. The lowest BCUT2D eigenvalue weighted by Crippen LogP contribution is -2.05. The molecule has 1 rings (SSSR count). The van der Waals surface area contributed by atoms with E-state index in [1.807, 2.05) is 0 Å². The Morgan fingerprint density at radius 2 is 2.50 bits per heavy atom. The van der Waals surface area contributed by atoms with Gasteiger partial charge < -0.3 is 5.73 Å². The molecule has 62 valence electrons. The third-order valence-electron chi connectivity index (χ3n) is 1.28. The number of thiophene rings is 1. The standard InChI is InChI=1S/C6H5N3O2S/c7-2-5(8)4-1-6(9(10)11)12-3-4/h1,3,5H,8H2/t5-/m1/s1. The Morgan fingerprint density at radius 1 is 1.83 bits per heavy atom. The summed E-state index contributed by atoms with van der Waals surface area (Å²) in [4.78, 5) is 9.72. The fourth-order valence-electron chi connectivity index (χ4n) is 0.672. The molecule has 0 bridgehead atoms. The normalized spacial score (nSPS) is 12.0. The Morgan fingerprint density at radius 3 is 2.92 bits per heavy atom. The lowest BCUT2D eigenvalue weighted by atomic mass is 10.2. The topological polar surface area (TPSA) is 93.0 Å². The maximum absolute atomic E-state index is 10.2. The lowest BCUT2D eigenvalue weighted by molar-refractivity contribution is -0.380. The molecule has 12 heavy (non-hydrogen) atoms. The second-order valence-corrected chi connectivity index (χ2v) is 2.97. The van der Waals surface area contributed by atoms with Crippen molar-refractivity contribution < 1.29 is 4.92 Å². The average Bonchev–Trinajstić information content (AvgIpc) is 2.51. The van der Waals surface area contributed by atoms with Gasteiger partial charge in [-0.25, -0.2) is 0 Å². The predicted molar refractivity (Wildman–Crippen MR) is 43.5 cm³/mol. The summed E-state index contributed by atoms with van der Waals surface area (Å²) in [6.07, 6.45) is 0. The van der Waals surface area contributed by atoms with E-state index in [0.717, 1.165) is 11.3 Å². The summed E-state index contributed by atoms with van der Waals surface area (Å²) in [6.45, 7) is 0. The van der Waals surface area contributed by atoms with E-state index in [2.05, 4.69) is 0 Å². The highest BCUT2D eigenvalue weighted by molar-refractivity contribution is 7.13. The van der Waals surface area contributed by atoms with Gasteiger partial charge in [0, 0.05) is 17.0 Å². The number of hydrogen-bond donors (Lipinski definition) is 1. The van der Waals surface area contributed by atoms with Gasteiger partial charge in [0.15, 0.2) is 0 Å². The van der Waals surface area contributed by atoms with E-state index in [1.165, 1.54) is 11.4 Å². The van der Waals surface area contributed by atoms with Crippen LogP contribution in [0.4, 0.5) is 5.00 Å². The maximum Gasteiger partial charge on any atom is 0.324 e. The lowest BCUT2D eigenvalue weighted by Gasteiger charge is -1.93. The molecule has 0 aliphatic rings. The first kappa shape index (κ1) is 8.64. The van der Waals surface area contributed by atoms with Gasteiger partial charge >= 0.3 is 5.00 Å².